The number of carbonyl (C=O) groups excluding carboxylic acids is 1. The van der Waals surface area contributed by atoms with Crippen LogP contribution in [-0.4, -0.2) is 78.0 Å². The number of phenolic OH excluding ortho intramolecular Hbond substituents is 1. The minimum absolute atomic E-state index is 0.0728. The van der Waals surface area contributed by atoms with E-state index in [4.69, 9.17) is 4.74 Å². The van der Waals surface area contributed by atoms with E-state index < -0.39 is 33.9 Å². The molecule has 0 amide bonds. The molecule has 2 saturated carbocycles. The van der Waals surface area contributed by atoms with Gasteiger partial charge in [0.25, 0.3) is 0 Å². The molecule has 2 heterocycles. The molecule has 2 aliphatic heterocycles. The Labute approximate surface area is 248 Å². The summed E-state index contributed by atoms with van der Waals surface area (Å²) in [7, 11) is -3.70. The minimum Gasteiger partial charge on any atom is -0.504 e. The first-order chi connectivity index (χ1) is 20.1. The Morgan fingerprint density at radius 1 is 1.17 bits per heavy atom. The lowest BCUT2D eigenvalue weighted by molar-refractivity contribution is -0.0783. The van der Waals surface area contributed by atoms with Crippen LogP contribution in [0.5, 0.6) is 11.5 Å². The van der Waals surface area contributed by atoms with Crippen LogP contribution in [0.15, 0.2) is 36.4 Å². The quantitative estimate of drug-likeness (QED) is 0.402. The van der Waals surface area contributed by atoms with Gasteiger partial charge in [-0.3, -0.25) is 9.69 Å². The Hall–Kier alpha value is -2.46. The van der Waals surface area contributed by atoms with Crippen LogP contribution in [0.4, 0.5) is 0 Å². The van der Waals surface area contributed by atoms with Gasteiger partial charge < -0.3 is 14.9 Å². The average molecular weight is 595 g/mol. The van der Waals surface area contributed by atoms with Gasteiger partial charge in [-0.05, 0) is 80.0 Å². The third kappa shape index (κ3) is 4.42. The average Bonchev–Trinajstić information content (AvgIpc) is 3.71. The number of aliphatic hydroxyl groups excluding tert-OH is 1. The topological polar surface area (TPSA) is 107 Å². The fraction of sp³-hybridized carbons (Fsp3) is 0.606. The number of Topliss-reactive ketones (excluding diaryl/α,β-unsaturated/α-hetero) is 1. The van der Waals surface area contributed by atoms with Crippen LogP contribution in [0, 0.1) is 17.8 Å². The van der Waals surface area contributed by atoms with Gasteiger partial charge in [0.15, 0.2) is 17.3 Å². The number of hydrogen-bond donors (Lipinski definition) is 2. The first-order valence-corrected chi connectivity index (χ1v) is 17.2. The van der Waals surface area contributed by atoms with Gasteiger partial charge >= 0.3 is 0 Å². The van der Waals surface area contributed by atoms with Crippen molar-refractivity contribution in [1.29, 1.82) is 0 Å². The number of likely N-dealkylation sites (tertiary alicyclic amines) is 1. The van der Waals surface area contributed by atoms with Crippen molar-refractivity contribution in [2.75, 3.05) is 26.2 Å². The lowest BCUT2D eigenvalue weighted by atomic mass is 9.51. The molecule has 5 atom stereocenters. The van der Waals surface area contributed by atoms with E-state index in [1.54, 1.807) is 10.4 Å². The molecule has 7 rings (SSSR count). The Balaban J connectivity index is 1.34. The number of aliphatic hydroxyl groups is 1. The van der Waals surface area contributed by atoms with Crippen LogP contribution in [0.3, 0.4) is 0 Å². The smallest absolute Gasteiger partial charge is 0.218 e. The van der Waals surface area contributed by atoms with Gasteiger partial charge in [0.05, 0.1) is 17.4 Å². The van der Waals surface area contributed by atoms with Crippen molar-refractivity contribution in [3.05, 3.63) is 58.7 Å². The molecule has 0 aromatic heterocycles. The molecule has 3 fully saturated rings. The zero-order valence-corrected chi connectivity index (χ0v) is 25.4. The fourth-order valence-corrected chi connectivity index (χ4v) is 10.7. The summed E-state index contributed by atoms with van der Waals surface area (Å²) in [6.07, 6.45) is 5.30. The molecule has 0 radical (unpaired) electrons. The van der Waals surface area contributed by atoms with Crippen LogP contribution < -0.4 is 4.74 Å². The molecule has 9 heteroatoms. The van der Waals surface area contributed by atoms with Crippen molar-refractivity contribution in [2.24, 2.45) is 17.8 Å². The predicted octanol–water partition coefficient (Wildman–Crippen LogP) is 3.87. The van der Waals surface area contributed by atoms with E-state index >= 15 is 0 Å². The van der Waals surface area contributed by atoms with E-state index in [9.17, 15) is 23.4 Å². The van der Waals surface area contributed by atoms with Gasteiger partial charge in [0.1, 0.15) is 12.7 Å². The Morgan fingerprint density at radius 2 is 1.93 bits per heavy atom. The maximum atomic E-state index is 14.2. The molecule has 1 saturated heterocycles. The van der Waals surface area contributed by atoms with Crippen molar-refractivity contribution in [1.82, 2.24) is 9.21 Å². The molecule has 2 N–H and O–H groups in total. The number of ether oxygens (including phenoxy) is 1. The number of nitrogens with zero attached hydrogens (tertiary/aromatic N) is 2. The first-order valence-electron chi connectivity index (χ1n) is 15.6. The highest BCUT2D eigenvalue weighted by Gasteiger charge is 2.67. The first kappa shape index (κ1) is 28.3. The van der Waals surface area contributed by atoms with Gasteiger partial charge in [0.2, 0.25) is 10.0 Å². The third-order valence-electron chi connectivity index (χ3n) is 10.6. The second-order valence-electron chi connectivity index (χ2n) is 13.7. The maximum Gasteiger partial charge on any atom is 0.218 e. The summed E-state index contributed by atoms with van der Waals surface area (Å²) in [5.41, 5.74) is 2.42. The molecule has 1 spiro atoms. The highest BCUT2D eigenvalue weighted by atomic mass is 32.2. The summed E-state index contributed by atoms with van der Waals surface area (Å²) in [5.74, 6) is 0.674. The fourth-order valence-electron chi connectivity index (χ4n) is 8.81. The van der Waals surface area contributed by atoms with Crippen molar-refractivity contribution in [3.8, 4) is 11.5 Å². The van der Waals surface area contributed by atoms with Gasteiger partial charge in [-0.1, -0.05) is 44.2 Å². The van der Waals surface area contributed by atoms with Crippen molar-refractivity contribution in [2.45, 2.75) is 81.7 Å². The summed E-state index contributed by atoms with van der Waals surface area (Å²) in [4.78, 5) is 15.4. The molecule has 3 aliphatic carbocycles. The minimum atomic E-state index is -3.70. The second-order valence-corrected chi connectivity index (χ2v) is 15.6. The summed E-state index contributed by atoms with van der Waals surface area (Å²) in [6, 6.07) is 11.0. The zero-order valence-electron chi connectivity index (χ0n) is 24.5. The number of aromatic hydroxyl groups is 1. The maximum absolute atomic E-state index is 14.2. The van der Waals surface area contributed by atoms with Crippen LogP contribution in [0.2, 0.25) is 0 Å². The Bertz CT molecular complexity index is 1490. The van der Waals surface area contributed by atoms with E-state index in [1.165, 1.54) is 12.8 Å². The van der Waals surface area contributed by atoms with E-state index in [0.717, 1.165) is 55.0 Å². The monoisotopic (exact) mass is 594 g/mol. The number of hydrogen-bond acceptors (Lipinski definition) is 7. The molecule has 2 unspecified atom stereocenters. The van der Waals surface area contributed by atoms with Crippen LogP contribution >= 0.6 is 0 Å². The predicted molar refractivity (Wildman–Crippen MR) is 159 cm³/mol. The number of piperidine rings is 1. The Morgan fingerprint density at radius 3 is 2.62 bits per heavy atom. The lowest BCUT2D eigenvalue weighted by Gasteiger charge is -2.60. The lowest BCUT2D eigenvalue weighted by Crippen LogP contribution is -2.69. The second kappa shape index (κ2) is 10.3. The van der Waals surface area contributed by atoms with Crippen LogP contribution in [-0.2, 0) is 27.6 Å². The van der Waals surface area contributed by atoms with E-state index in [-0.39, 0.29) is 41.0 Å². The van der Waals surface area contributed by atoms with Gasteiger partial charge in [0, 0.05) is 30.1 Å². The molecule has 8 nitrogen and oxygen atoms in total. The van der Waals surface area contributed by atoms with E-state index in [1.807, 2.05) is 44.2 Å². The number of rotatable bonds is 10. The normalized spacial score (nSPS) is 29.9. The summed E-state index contributed by atoms with van der Waals surface area (Å²) in [5, 5.41) is 21.1. The zero-order chi connectivity index (χ0) is 29.4. The third-order valence-corrected chi connectivity index (χ3v) is 12.4. The summed E-state index contributed by atoms with van der Waals surface area (Å²) in [6.45, 7) is 5.79. The van der Waals surface area contributed by atoms with Gasteiger partial charge in [-0.25, -0.2) is 8.42 Å². The van der Waals surface area contributed by atoms with Gasteiger partial charge in [-0.15, -0.1) is 0 Å². The molecule has 2 aromatic carbocycles. The van der Waals surface area contributed by atoms with Crippen molar-refractivity contribution in [3.63, 3.8) is 0 Å². The van der Waals surface area contributed by atoms with Crippen molar-refractivity contribution < 1.29 is 28.2 Å². The number of benzene rings is 2. The number of ketones is 1. The molecule has 226 valence electrons. The summed E-state index contributed by atoms with van der Waals surface area (Å²) >= 11 is 0. The number of sulfonamides is 1. The van der Waals surface area contributed by atoms with Crippen LogP contribution in [0.1, 0.15) is 73.0 Å². The molecule has 2 aromatic rings. The van der Waals surface area contributed by atoms with E-state index in [0.29, 0.717) is 18.7 Å². The SMILES string of the molecule is CC(C)CN(C1CC[C@H]2[C@H]3Cc4cc(C(=O)CO)c(O)c5c4[C@@]2(CCN3CC2CC2)C1O5)S(=O)(=O)Cc1ccccc1. The standard InChI is InChI=1S/C33H42N2O6S/c1-20(2)16-35(42(39,40)19-22-6-4-3-5-7-22)26-11-10-25-27-15-23-14-24(28(37)18-36)30(38)31-29(23)33(25,32(26)41-31)12-13-34(27)17-21-8-9-21/h3-7,14,20-21,25-27,32,36,38H,8-13,15-19H2,1-2H3/t25-,26?,27+,32?,33-/m0/s1. The molecule has 5 aliphatic rings. The van der Waals surface area contributed by atoms with Crippen molar-refractivity contribution >= 4 is 15.8 Å². The molecular weight excluding hydrogens is 552 g/mol. The van der Waals surface area contributed by atoms with Crippen LogP contribution in [0.25, 0.3) is 0 Å². The van der Waals surface area contributed by atoms with E-state index in [2.05, 4.69) is 4.90 Å². The highest BCUT2D eigenvalue weighted by molar-refractivity contribution is 7.88. The highest BCUT2D eigenvalue weighted by Crippen LogP contribution is 2.65. The van der Waals surface area contributed by atoms with Gasteiger partial charge in [-0.2, -0.15) is 4.31 Å². The molecular formula is C33H42N2O6S. The summed E-state index contributed by atoms with van der Waals surface area (Å²) < 4.78 is 36.9. The number of phenols is 1. The molecule has 2 bridgehead atoms. The largest absolute Gasteiger partial charge is 0.504 e. The Kier molecular flexibility index (Phi) is 6.96. The molecule has 42 heavy (non-hydrogen) atoms. The number of carbonyl (C=O) groups is 1.